The van der Waals surface area contributed by atoms with E-state index in [0.29, 0.717) is 77.8 Å². The third-order valence-electron chi connectivity index (χ3n) is 43.6. The van der Waals surface area contributed by atoms with Gasteiger partial charge in [0.25, 0.3) is 0 Å². The number of aliphatic hydroxyl groups is 6. The first kappa shape index (κ1) is 104. The molecule has 0 radical (unpaired) electrons. The van der Waals surface area contributed by atoms with Crippen LogP contribution in [0, 0.1) is 121 Å². The summed E-state index contributed by atoms with van der Waals surface area (Å²) in [6, 6.07) is 18.4. The van der Waals surface area contributed by atoms with E-state index in [9.17, 15) is 73.8 Å². The molecule has 0 aromatic heterocycles. The standard InChI is InChI=1S/3C37H50N2O10/c3*1-7-38-17-34(18-49-32(42)20-10-8-9-11-23(20)39-26(40)14-19(2)31(39)41)13-12-25(46-4)36-22-15-21-24(45-3)16-35(43,27(22)28(21)47-5)37(44,33(36)38)30(48-6)29(34)36/h3*8-11,19,21-22,24-25,27-30,33,43-44H,7,12-18H2,1-6H3/t3*19-,21+,22+,24-,25-,27+,28-,29+,30-,33-,34-,35+,36-,37+/m000/s1. The van der Waals surface area contributed by atoms with Gasteiger partial charge in [-0.3, -0.25) is 43.5 Å². The molecule has 24 rings (SSSR count). The van der Waals surface area contributed by atoms with Crippen molar-refractivity contribution >= 4 is 70.4 Å². The van der Waals surface area contributed by atoms with Gasteiger partial charge < -0.3 is 102 Å². The first-order chi connectivity index (χ1) is 70.3. The minimum atomic E-state index is -1.70. The van der Waals surface area contributed by atoms with Gasteiger partial charge in [0.2, 0.25) is 35.4 Å². The fourth-order valence-corrected chi connectivity index (χ4v) is 39.5. The minimum Gasteiger partial charge on any atom is -0.461 e. The Kier molecular flexibility index (Phi) is 25.8. The summed E-state index contributed by atoms with van der Waals surface area (Å²) in [4.78, 5) is 130. The van der Waals surface area contributed by atoms with Crippen molar-refractivity contribution in [2.24, 2.45) is 121 Å². The zero-order valence-electron chi connectivity index (χ0n) is 87.9. The third-order valence-corrected chi connectivity index (χ3v) is 43.6. The number of anilines is 3. The maximum atomic E-state index is 14.1. The second-order valence-corrected chi connectivity index (χ2v) is 47.9. The van der Waals surface area contributed by atoms with Gasteiger partial charge in [-0.25, -0.2) is 29.1 Å². The van der Waals surface area contributed by atoms with Gasteiger partial charge >= 0.3 is 17.9 Å². The Bertz CT molecular complexity index is 5200. The Morgan fingerprint density at radius 3 is 0.810 bits per heavy atom. The number of likely N-dealkylation sites (N-methyl/N-ethyl adjacent to an activating group) is 3. The summed E-state index contributed by atoms with van der Waals surface area (Å²) < 4.78 is 94.1. The smallest absolute Gasteiger partial charge is 0.340 e. The van der Waals surface area contributed by atoms with Crippen LogP contribution in [0.25, 0.3) is 0 Å². The average Bonchev–Trinajstić information content (AvgIpc) is 1.45. The van der Waals surface area contributed by atoms with Gasteiger partial charge in [-0.2, -0.15) is 0 Å². The Morgan fingerprint density at radius 1 is 0.347 bits per heavy atom. The molecule has 147 heavy (non-hydrogen) atoms. The summed E-state index contributed by atoms with van der Waals surface area (Å²) in [6.07, 6.45) is 2.44. The second kappa shape index (κ2) is 36.4. The van der Waals surface area contributed by atoms with Crippen molar-refractivity contribution in [3.05, 3.63) is 89.5 Å². The molecule has 36 heteroatoms. The number of ether oxygens (including phenoxy) is 15. The van der Waals surface area contributed by atoms with E-state index in [-0.39, 0.29) is 253 Å². The Labute approximate surface area is 858 Å². The Morgan fingerprint density at radius 2 is 0.599 bits per heavy atom. The largest absolute Gasteiger partial charge is 0.461 e. The highest BCUT2D eigenvalue weighted by Gasteiger charge is 2.96. The number of hydrogen-bond donors (Lipinski definition) is 6. The monoisotopic (exact) mass is 2050 g/mol. The molecule has 42 atom stereocenters. The van der Waals surface area contributed by atoms with Gasteiger partial charge in [-0.05, 0) is 132 Å². The van der Waals surface area contributed by atoms with E-state index < -0.39 is 138 Å². The van der Waals surface area contributed by atoms with Gasteiger partial charge in [0, 0.05) is 247 Å². The van der Waals surface area contributed by atoms with Crippen molar-refractivity contribution < 1.29 is 145 Å². The summed E-state index contributed by atoms with van der Waals surface area (Å²) in [5.41, 5.74) is -12.5. The molecule has 15 aliphatic carbocycles. The topological polar surface area (TPSA) is 433 Å². The number of carbonyl (C=O) groups excluding carboxylic acids is 9. The number of piperidine rings is 3. The average molecular weight is 2050 g/mol. The highest BCUT2D eigenvalue weighted by molar-refractivity contribution is 6.24. The highest BCUT2D eigenvalue weighted by atomic mass is 16.6. The molecule has 6 amide bonds. The van der Waals surface area contributed by atoms with Crippen LogP contribution in [0.1, 0.15) is 169 Å². The molecule has 21 bridgehead atoms. The summed E-state index contributed by atoms with van der Waals surface area (Å²) in [5.74, 6) is -7.41. The van der Waals surface area contributed by atoms with Crippen molar-refractivity contribution in [1.82, 2.24) is 14.7 Å². The second-order valence-electron chi connectivity index (χ2n) is 47.9. The Hall–Kier alpha value is -7.35. The molecule has 36 nitrogen and oxygen atoms in total. The first-order valence-electron chi connectivity index (χ1n) is 53.6. The van der Waals surface area contributed by atoms with Gasteiger partial charge in [-0.1, -0.05) is 77.9 Å². The molecule has 21 fully saturated rings. The number of likely N-dealkylation sites (tertiary alicyclic amines) is 3. The maximum Gasteiger partial charge on any atom is 0.340 e. The maximum absolute atomic E-state index is 14.1. The molecule has 21 aliphatic rings. The van der Waals surface area contributed by atoms with Crippen LogP contribution in [0.15, 0.2) is 72.8 Å². The van der Waals surface area contributed by atoms with Gasteiger partial charge in [0.1, 0.15) is 33.6 Å². The number of esters is 3. The van der Waals surface area contributed by atoms with E-state index in [0.717, 1.165) is 34.0 Å². The number of imide groups is 3. The number of carbonyl (C=O) groups is 9. The van der Waals surface area contributed by atoms with Gasteiger partial charge in [0.15, 0.2) is 0 Å². The molecule has 6 N–H and O–H groups in total. The van der Waals surface area contributed by atoms with Crippen LogP contribution in [0.5, 0.6) is 0 Å². The third kappa shape index (κ3) is 12.9. The summed E-state index contributed by atoms with van der Waals surface area (Å²) in [5, 5.41) is 79.7. The molecule has 6 heterocycles. The molecule has 804 valence electrons. The van der Waals surface area contributed by atoms with Crippen LogP contribution >= 0.6 is 0 Å². The first-order valence-corrected chi connectivity index (χ1v) is 53.6. The zero-order valence-corrected chi connectivity index (χ0v) is 87.9. The lowest BCUT2D eigenvalue weighted by Gasteiger charge is -2.70. The summed E-state index contributed by atoms with van der Waals surface area (Å²) >= 11 is 0. The summed E-state index contributed by atoms with van der Waals surface area (Å²) in [6.45, 7) is 14.8. The molecule has 6 aliphatic heterocycles. The van der Waals surface area contributed by atoms with Crippen LogP contribution in [-0.2, 0) is 99.8 Å². The van der Waals surface area contributed by atoms with E-state index >= 15 is 0 Å². The zero-order chi connectivity index (χ0) is 105. The van der Waals surface area contributed by atoms with Gasteiger partial charge in [-0.15, -0.1) is 0 Å². The van der Waals surface area contributed by atoms with E-state index in [2.05, 4.69) is 35.5 Å². The fraction of sp³-hybridized carbons (Fsp3) is 0.757. The van der Waals surface area contributed by atoms with Crippen molar-refractivity contribution in [3.8, 4) is 0 Å². The number of nitrogens with zero attached hydrogens (tertiary/aromatic N) is 6. The molecule has 0 unspecified atom stereocenters. The van der Waals surface area contributed by atoms with E-state index in [1.165, 1.54) is 0 Å². The van der Waals surface area contributed by atoms with Crippen molar-refractivity contribution in [1.29, 1.82) is 0 Å². The normalized spacial score (nSPS) is 48.0. The predicted molar refractivity (Wildman–Crippen MR) is 523 cm³/mol. The molecule has 3 aromatic carbocycles. The quantitative estimate of drug-likeness (QED) is 0.0285. The number of methoxy groups -OCH3 is 12. The summed E-state index contributed by atoms with van der Waals surface area (Å²) in [7, 11) is 20.1. The van der Waals surface area contributed by atoms with Crippen LogP contribution in [-0.4, -0.2) is 368 Å². The number of benzene rings is 3. The number of rotatable bonds is 27. The number of fused-ring (bicyclic) bond motifs is 6. The van der Waals surface area contributed by atoms with Crippen molar-refractivity contribution in [3.63, 3.8) is 0 Å². The van der Waals surface area contributed by atoms with E-state index in [1.54, 1.807) is 179 Å². The highest BCUT2D eigenvalue weighted by Crippen LogP contribution is 2.85. The molecule has 6 saturated heterocycles. The van der Waals surface area contributed by atoms with Crippen LogP contribution in [0.4, 0.5) is 17.1 Å². The lowest BCUT2D eigenvalue weighted by atomic mass is 9.42. The molecular formula is C111H150N6O30. The molecular weight excluding hydrogens is 1900 g/mol. The number of amides is 6. The SMILES string of the molecule is CCN1C[C@]2(COC(=O)c3ccccc3N3C(=O)C[C@H](C)C3=O)CC[C@H](OC)[C@@]34[C@@H]5C[C@H]6[C@H](OC)[C@@H]5[C@](O)(C[C@@H]6OC)[C@@](O)([C@@H](OC)[C@H]23)[C@@H]14.CCN1C[C@]2(COC(=O)c3ccccc3N3C(=O)C[C@H](C)C3=O)CC[C@H](OC)[C@@]34[C@@H]5C[C@H]6[C@H](OC)[C@@H]5[C@](O)(C[C@@H]6OC)[C@@](O)([C@@H](OC)[C@H]23)[C@@H]14.CCN1C[C@]2(COC(=O)c3ccccc3N3C(=O)C[C@H](C)C3=O)CC[C@H](OC)[C@@]34[C@@H]5C[C@H]6[C@H](OC)[C@@H]5[C@](O)(C[C@@H]6OC)[C@@](O)([C@@H](OC)[C@H]23)[C@@H]14. The molecule has 3 spiro atoms. The number of hydrogen-bond acceptors (Lipinski definition) is 33. The van der Waals surface area contributed by atoms with Crippen LogP contribution in [0.2, 0.25) is 0 Å². The van der Waals surface area contributed by atoms with Crippen molar-refractivity contribution in [2.45, 2.75) is 263 Å². The minimum absolute atomic E-state index is 0.0358. The molecule has 15 saturated carbocycles. The predicted octanol–water partition coefficient (Wildman–Crippen LogP) is 6.11. The van der Waals surface area contributed by atoms with Gasteiger partial charge in [0.05, 0.1) is 145 Å². The molecule has 3 aromatic rings. The lowest BCUT2D eigenvalue weighted by molar-refractivity contribution is -0.320. The fourth-order valence-electron chi connectivity index (χ4n) is 39.5. The lowest BCUT2D eigenvalue weighted by Crippen LogP contribution is -2.82. The van der Waals surface area contributed by atoms with Crippen molar-refractivity contribution in [2.75, 3.05) is 159 Å². The van der Waals surface area contributed by atoms with E-state index in [4.69, 9.17) is 71.1 Å². The van der Waals surface area contributed by atoms with Crippen LogP contribution in [0.3, 0.4) is 0 Å². The van der Waals surface area contributed by atoms with E-state index in [1.807, 2.05) is 0 Å². The number of para-hydroxylation sites is 3. The Balaban J connectivity index is 0.000000125. The van der Waals surface area contributed by atoms with Crippen LogP contribution < -0.4 is 14.7 Å².